The van der Waals surface area contributed by atoms with Gasteiger partial charge in [-0.15, -0.1) is 5.10 Å². The summed E-state index contributed by atoms with van der Waals surface area (Å²) < 4.78 is 1.39. The Morgan fingerprint density at radius 2 is 2.40 bits per heavy atom. The van der Waals surface area contributed by atoms with E-state index in [1.54, 1.807) is 13.1 Å². The van der Waals surface area contributed by atoms with Crippen LogP contribution >= 0.6 is 0 Å². The van der Waals surface area contributed by atoms with Crippen LogP contribution in [-0.4, -0.2) is 38.0 Å². The van der Waals surface area contributed by atoms with Crippen molar-refractivity contribution >= 4 is 11.9 Å². The lowest BCUT2D eigenvalue weighted by Gasteiger charge is -2.27. The van der Waals surface area contributed by atoms with E-state index in [1.165, 1.54) is 4.68 Å². The van der Waals surface area contributed by atoms with Crippen LogP contribution in [0.4, 0.5) is 0 Å². The van der Waals surface area contributed by atoms with E-state index in [1.807, 2.05) is 0 Å². The van der Waals surface area contributed by atoms with Crippen molar-refractivity contribution in [2.24, 2.45) is 11.1 Å². The first-order valence-corrected chi connectivity index (χ1v) is 6.57. The molecule has 2 rings (SSSR count). The van der Waals surface area contributed by atoms with Crippen molar-refractivity contribution in [1.82, 2.24) is 20.3 Å². The maximum atomic E-state index is 12.0. The third-order valence-electron chi connectivity index (χ3n) is 3.88. The number of aromatic nitrogens is 3. The van der Waals surface area contributed by atoms with Crippen molar-refractivity contribution in [3.05, 3.63) is 11.9 Å². The van der Waals surface area contributed by atoms with Gasteiger partial charge in [0.2, 0.25) is 5.91 Å². The van der Waals surface area contributed by atoms with Crippen LogP contribution < -0.4 is 11.1 Å². The largest absolute Gasteiger partial charge is 0.481 e. The standard InChI is InChI=1S/C12H19N5O3/c1-12(11(19)20)4-2-3-9(12)14-10(18)7-17-6-8(5-13)15-16-17/h6,9H,2-5,7,13H2,1H3,(H,14,18)(H,19,20). The lowest BCUT2D eigenvalue weighted by molar-refractivity contribution is -0.149. The number of carbonyl (C=O) groups is 2. The van der Waals surface area contributed by atoms with Gasteiger partial charge >= 0.3 is 5.97 Å². The Kier molecular flexibility index (Phi) is 4.03. The summed E-state index contributed by atoms with van der Waals surface area (Å²) in [6.07, 6.45) is 3.66. The SMILES string of the molecule is CC1(C(=O)O)CCCC1NC(=O)Cn1cc(CN)nn1. The summed E-state index contributed by atoms with van der Waals surface area (Å²) in [6, 6.07) is -0.343. The molecule has 0 bridgehead atoms. The minimum absolute atomic E-state index is 0.0131. The minimum atomic E-state index is -0.888. The highest BCUT2D eigenvalue weighted by atomic mass is 16.4. The fourth-order valence-electron chi connectivity index (χ4n) is 2.55. The minimum Gasteiger partial charge on any atom is -0.481 e. The molecule has 1 aromatic rings. The molecule has 0 saturated heterocycles. The molecule has 20 heavy (non-hydrogen) atoms. The van der Waals surface area contributed by atoms with Gasteiger partial charge in [0, 0.05) is 12.6 Å². The monoisotopic (exact) mass is 281 g/mol. The van der Waals surface area contributed by atoms with E-state index in [4.69, 9.17) is 5.73 Å². The number of rotatable bonds is 5. The zero-order chi connectivity index (χ0) is 14.8. The highest BCUT2D eigenvalue weighted by molar-refractivity contribution is 5.80. The average molecular weight is 281 g/mol. The number of aliphatic carboxylic acids is 1. The lowest BCUT2D eigenvalue weighted by Crippen LogP contribution is -2.47. The topological polar surface area (TPSA) is 123 Å². The number of carbonyl (C=O) groups excluding carboxylic acids is 1. The molecule has 0 radical (unpaired) electrons. The van der Waals surface area contributed by atoms with Gasteiger partial charge in [-0.05, 0) is 19.8 Å². The lowest BCUT2D eigenvalue weighted by atomic mass is 9.85. The van der Waals surface area contributed by atoms with Gasteiger partial charge in [-0.2, -0.15) is 0 Å². The molecule has 1 amide bonds. The number of carboxylic acids is 1. The van der Waals surface area contributed by atoms with Gasteiger partial charge in [-0.25, -0.2) is 4.68 Å². The number of hydrogen-bond acceptors (Lipinski definition) is 5. The predicted molar refractivity (Wildman–Crippen MR) is 69.4 cm³/mol. The van der Waals surface area contributed by atoms with E-state index in [0.717, 1.165) is 6.42 Å². The fraction of sp³-hybridized carbons (Fsp3) is 0.667. The van der Waals surface area contributed by atoms with Crippen molar-refractivity contribution in [2.45, 2.75) is 45.3 Å². The highest BCUT2D eigenvalue weighted by Crippen LogP contribution is 2.38. The Hall–Kier alpha value is -1.96. The first kappa shape index (κ1) is 14.4. The van der Waals surface area contributed by atoms with E-state index in [9.17, 15) is 14.7 Å². The first-order chi connectivity index (χ1) is 9.45. The van der Waals surface area contributed by atoms with Crippen LogP contribution in [-0.2, 0) is 22.7 Å². The molecule has 8 nitrogen and oxygen atoms in total. The van der Waals surface area contributed by atoms with Gasteiger partial charge in [-0.3, -0.25) is 9.59 Å². The number of carboxylic acid groups (broad SMARTS) is 1. The molecule has 1 aromatic heterocycles. The van der Waals surface area contributed by atoms with E-state index in [2.05, 4.69) is 15.6 Å². The number of amides is 1. The molecule has 2 atom stereocenters. The van der Waals surface area contributed by atoms with Crippen LogP contribution in [0.3, 0.4) is 0 Å². The van der Waals surface area contributed by atoms with Crippen LogP contribution in [0.25, 0.3) is 0 Å². The molecular formula is C12H19N5O3. The first-order valence-electron chi connectivity index (χ1n) is 6.57. The number of hydrogen-bond donors (Lipinski definition) is 3. The van der Waals surface area contributed by atoms with Gasteiger partial charge in [0.1, 0.15) is 6.54 Å². The highest BCUT2D eigenvalue weighted by Gasteiger charge is 2.45. The third kappa shape index (κ3) is 2.79. The summed E-state index contributed by atoms with van der Waals surface area (Å²) in [6.45, 7) is 1.95. The maximum absolute atomic E-state index is 12.0. The van der Waals surface area contributed by atoms with Gasteiger partial charge in [0.05, 0.1) is 17.3 Å². The molecule has 0 aromatic carbocycles. The van der Waals surface area contributed by atoms with Crippen molar-refractivity contribution in [2.75, 3.05) is 0 Å². The van der Waals surface area contributed by atoms with Gasteiger partial charge in [-0.1, -0.05) is 11.6 Å². The smallest absolute Gasteiger partial charge is 0.311 e. The molecule has 4 N–H and O–H groups in total. The molecule has 1 saturated carbocycles. The second-order valence-electron chi connectivity index (χ2n) is 5.35. The molecule has 0 aliphatic heterocycles. The average Bonchev–Trinajstić information content (AvgIpc) is 2.98. The molecular weight excluding hydrogens is 262 g/mol. The van der Waals surface area contributed by atoms with Crippen molar-refractivity contribution < 1.29 is 14.7 Å². The van der Waals surface area contributed by atoms with Crippen LogP contribution in [0, 0.1) is 5.41 Å². The second kappa shape index (κ2) is 5.58. The Bertz CT molecular complexity index is 515. The number of nitrogens with zero attached hydrogens (tertiary/aromatic N) is 3. The molecule has 1 aliphatic carbocycles. The van der Waals surface area contributed by atoms with Gasteiger partial charge < -0.3 is 16.2 Å². The van der Waals surface area contributed by atoms with E-state index in [-0.39, 0.29) is 25.0 Å². The van der Waals surface area contributed by atoms with E-state index in [0.29, 0.717) is 18.5 Å². The molecule has 1 fully saturated rings. The molecule has 0 spiro atoms. The van der Waals surface area contributed by atoms with Crippen LogP contribution in [0.1, 0.15) is 31.9 Å². The Morgan fingerprint density at radius 1 is 1.65 bits per heavy atom. The molecule has 2 unspecified atom stereocenters. The van der Waals surface area contributed by atoms with Crippen molar-refractivity contribution in [3.63, 3.8) is 0 Å². The Morgan fingerprint density at radius 3 is 3.00 bits per heavy atom. The molecule has 110 valence electrons. The summed E-state index contributed by atoms with van der Waals surface area (Å²) in [5, 5.41) is 19.6. The maximum Gasteiger partial charge on any atom is 0.311 e. The zero-order valence-electron chi connectivity index (χ0n) is 11.4. The predicted octanol–water partition coefficient (Wildman–Crippen LogP) is -0.504. The zero-order valence-corrected chi connectivity index (χ0v) is 11.4. The van der Waals surface area contributed by atoms with E-state index >= 15 is 0 Å². The quantitative estimate of drug-likeness (QED) is 0.668. The molecule has 1 heterocycles. The van der Waals surface area contributed by atoms with Gasteiger partial charge in [0.15, 0.2) is 0 Å². The summed E-state index contributed by atoms with van der Waals surface area (Å²) in [5.41, 5.74) is 5.13. The normalized spacial score (nSPS) is 25.6. The van der Waals surface area contributed by atoms with Gasteiger partial charge in [0.25, 0.3) is 0 Å². The number of nitrogens with two attached hydrogens (primary N) is 1. The van der Waals surface area contributed by atoms with Crippen LogP contribution in [0.2, 0.25) is 0 Å². The second-order valence-corrected chi connectivity index (χ2v) is 5.35. The molecule has 1 aliphatic rings. The summed E-state index contributed by atoms with van der Waals surface area (Å²) in [4.78, 5) is 23.3. The Labute approximate surface area is 116 Å². The fourth-order valence-corrected chi connectivity index (χ4v) is 2.55. The third-order valence-corrected chi connectivity index (χ3v) is 3.88. The summed E-state index contributed by atoms with van der Waals surface area (Å²) in [5.74, 6) is -1.13. The summed E-state index contributed by atoms with van der Waals surface area (Å²) >= 11 is 0. The van der Waals surface area contributed by atoms with E-state index < -0.39 is 11.4 Å². The Balaban J connectivity index is 1.96. The van der Waals surface area contributed by atoms with Crippen molar-refractivity contribution in [3.8, 4) is 0 Å². The number of nitrogens with one attached hydrogen (secondary N) is 1. The van der Waals surface area contributed by atoms with Crippen molar-refractivity contribution in [1.29, 1.82) is 0 Å². The molecule has 8 heteroatoms. The van der Waals surface area contributed by atoms with Crippen LogP contribution in [0.15, 0.2) is 6.20 Å². The summed E-state index contributed by atoms with van der Waals surface area (Å²) in [7, 11) is 0. The van der Waals surface area contributed by atoms with Crippen LogP contribution in [0.5, 0.6) is 0 Å².